The number of rotatable bonds is 5. The highest BCUT2D eigenvalue weighted by atomic mass is 16.4. The molecule has 4 rings (SSSR count). The third-order valence-electron chi connectivity index (χ3n) is 5.16. The molecule has 1 heterocycles. The highest BCUT2D eigenvalue weighted by Crippen LogP contribution is 2.27. The molecule has 3 N–H and O–H groups in total. The number of nitrogens with one attached hydrogen (secondary N) is 2. The lowest BCUT2D eigenvalue weighted by Gasteiger charge is -2.22. The van der Waals surface area contributed by atoms with Gasteiger partial charge in [0.2, 0.25) is 0 Å². The highest BCUT2D eigenvalue weighted by Gasteiger charge is 2.25. The number of hydrogen-bond donors (Lipinski definition) is 3. The van der Waals surface area contributed by atoms with Gasteiger partial charge in [-0.05, 0) is 42.7 Å². The molecule has 1 atom stereocenters. The van der Waals surface area contributed by atoms with Crippen LogP contribution >= 0.6 is 0 Å². The molecule has 8 heteroatoms. The van der Waals surface area contributed by atoms with Crippen molar-refractivity contribution in [3.05, 3.63) is 93.5 Å². The van der Waals surface area contributed by atoms with Gasteiger partial charge in [-0.1, -0.05) is 37.3 Å². The van der Waals surface area contributed by atoms with Gasteiger partial charge < -0.3 is 14.8 Å². The fraction of sp³-hybridized carbons (Fsp3) is 0.167. The Morgan fingerprint density at radius 3 is 2.50 bits per heavy atom. The number of anilines is 2. The first-order chi connectivity index (χ1) is 15.4. The van der Waals surface area contributed by atoms with Crippen LogP contribution < -0.4 is 16.4 Å². The Balaban J connectivity index is 1.67. The van der Waals surface area contributed by atoms with E-state index in [0.29, 0.717) is 41.1 Å². The van der Waals surface area contributed by atoms with Crippen molar-refractivity contribution in [1.29, 1.82) is 0 Å². The molecule has 1 aliphatic carbocycles. The second-order valence-corrected chi connectivity index (χ2v) is 7.64. The Morgan fingerprint density at radius 1 is 1.03 bits per heavy atom. The van der Waals surface area contributed by atoms with Crippen LogP contribution in [0.3, 0.4) is 0 Å². The van der Waals surface area contributed by atoms with E-state index >= 15 is 0 Å². The molecule has 8 nitrogen and oxygen atoms in total. The fourth-order valence-electron chi connectivity index (χ4n) is 3.60. The van der Waals surface area contributed by atoms with E-state index in [-0.39, 0.29) is 17.2 Å². The van der Waals surface area contributed by atoms with E-state index in [9.17, 15) is 19.5 Å². The van der Waals surface area contributed by atoms with Crippen LogP contribution in [-0.2, 0) is 6.42 Å². The molecular weight excluding hydrogens is 410 g/mol. The number of fused-ring (bicyclic) bond motifs is 1. The number of nitrogens with zero attached hydrogens (tertiary/aromatic N) is 1. The van der Waals surface area contributed by atoms with Crippen LogP contribution in [0.25, 0.3) is 0 Å². The summed E-state index contributed by atoms with van der Waals surface area (Å²) in [6, 6.07) is 16.6. The zero-order chi connectivity index (χ0) is 22.7. The molecule has 32 heavy (non-hydrogen) atoms. The predicted molar refractivity (Wildman–Crippen MR) is 120 cm³/mol. The van der Waals surface area contributed by atoms with E-state index in [1.807, 2.05) is 6.92 Å². The summed E-state index contributed by atoms with van der Waals surface area (Å²) in [6.07, 6.45) is 1.15. The average molecular weight is 431 g/mol. The standard InChI is InChI=1S/C24H21N3O5/c1-14-11-19(27-26-18-10-6-5-9-16(18)23(29)30)17-13-20(24(31)32-21(17)12-14)25-22(28)15-7-3-2-4-8-15/h2-10,13-14,26H,11-12H2,1H3,(H,25,28)(H,29,30)/b27-19+. The van der Waals surface area contributed by atoms with Crippen molar-refractivity contribution >= 4 is 29.0 Å². The molecule has 3 aromatic rings. The number of carboxylic acids is 1. The molecular formula is C24H21N3O5. The summed E-state index contributed by atoms with van der Waals surface area (Å²) in [7, 11) is 0. The molecule has 1 unspecified atom stereocenters. The second-order valence-electron chi connectivity index (χ2n) is 7.64. The number of para-hydroxylation sites is 1. The summed E-state index contributed by atoms with van der Waals surface area (Å²) in [5.41, 5.74) is 4.28. The van der Waals surface area contributed by atoms with E-state index in [1.165, 1.54) is 6.07 Å². The molecule has 0 aliphatic heterocycles. The summed E-state index contributed by atoms with van der Waals surface area (Å²) in [4.78, 5) is 36.4. The van der Waals surface area contributed by atoms with Crippen LogP contribution in [-0.4, -0.2) is 22.7 Å². The van der Waals surface area contributed by atoms with Crippen molar-refractivity contribution in [3.8, 4) is 0 Å². The first-order valence-corrected chi connectivity index (χ1v) is 10.1. The van der Waals surface area contributed by atoms with Crippen LogP contribution in [0.15, 0.2) is 75.0 Å². The normalized spacial score (nSPS) is 16.3. The van der Waals surface area contributed by atoms with E-state index in [4.69, 9.17) is 4.42 Å². The summed E-state index contributed by atoms with van der Waals surface area (Å²) >= 11 is 0. The van der Waals surface area contributed by atoms with Gasteiger partial charge >= 0.3 is 11.6 Å². The Morgan fingerprint density at radius 2 is 1.75 bits per heavy atom. The molecule has 0 saturated heterocycles. The van der Waals surface area contributed by atoms with Crippen LogP contribution in [0, 0.1) is 5.92 Å². The van der Waals surface area contributed by atoms with Gasteiger partial charge in [0, 0.05) is 17.5 Å². The quantitative estimate of drug-likeness (QED) is 0.525. The Labute approximate surface area is 183 Å². The lowest BCUT2D eigenvalue weighted by molar-refractivity contribution is 0.0697. The molecule has 162 valence electrons. The van der Waals surface area contributed by atoms with Gasteiger partial charge in [0.25, 0.3) is 5.91 Å². The molecule has 0 radical (unpaired) electrons. The lowest BCUT2D eigenvalue weighted by atomic mass is 9.87. The molecule has 0 fully saturated rings. The number of amides is 1. The first kappa shape index (κ1) is 21.0. The first-order valence-electron chi connectivity index (χ1n) is 10.1. The Hall–Kier alpha value is -4.20. The van der Waals surface area contributed by atoms with Gasteiger partial charge in [0.1, 0.15) is 11.4 Å². The minimum Gasteiger partial charge on any atom is -0.478 e. The second kappa shape index (κ2) is 8.89. The zero-order valence-electron chi connectivity index (χ0n) is 17.3. The third-order valence-corrected chi connectivity index (χ3v) is 5.16. The predicted octanol–water partition coefficient (Wildman–Crippen LogP) is 3.99. The van der Waals surface area contributed by atoms with E-state index < -0.39 is 17.5 Å². The summed E-state index contributed by atoms with van der Waals surface area (Å²) in [5, 5.41) is 16.4. The summed E-state index contributed by atoms with van der Waals surface area (Å²) in [6.45, 7) is 2.01. The smallest absolute Gasteiger partial charge is 0.359 e. The Bertz CT molecular complexity index is 1260. The van der Waals surface area contributed by atoms with Crippen molar-refractivity contribution in [2.75, 3.05) is 10.7 Å². The van der Waals surface area contributed by atoms with Gasteiger partial charge in [0.05, 0.1) is 17.0 Å². The van der Waals surface area contributed by atoms with Gasteiger partial charge in [-0.3, -0.25) is 10.2 Å². The number of hydrogen-bond acceptors (Lipinski definition) is 6. The molecule has 1 aliphatic rings. The number of carbonyl (C=O) groups is 2. The maximum Gasteiger partial charge on any atom is 0.359 e. The number of carboxylic acid groups (broad SMARTS) is 1. The topological polar surface area (TPSA) is 121 Å². The zero-order valence-corrected chi connectivity index (χ0v) is 17.3. The Kier molecular flexibility index (Phi) is 5.85. The van der Waals surface area contributed by atoms with Gasteiger partial charge in [-0.2, -0.15) is 5.10 Å². The fourth-order valence-corrected chi connectivity index (χ4v) is 3.60. The molecule has 0 bridgehead atoms. The van der Waals surface area contributed by atoms with Crippen molar-refractivity contribution in [1.82, 2.24) is 0 Å². The van der Waals surface area contributed by atoms with Gasteiger partial charge in [0.15, 0.2) is 0 Å². The van der Waals surface area contributed by atoms with E-state index in [1.54, 1.807) is 54.6 Å². The highest BCUT2D eigenvalue weighted by molar-refractivity contribution is 6.06. The molecule has 0 saturated carbocycles. The largest absolute Gasteiger partial charge is 0.478 e. The van der Waals surface area contributed by atoms with E-state index in [2.05, 4.69) is 15.8 Å². The number of carbonyl (C=O) groups excluding carboxylic acids is 1. The minimum atomic E-state index is -1.07. The van der Waals surface area contributed by atoms with Crippen LogP contribution in [0.2, 0.25) is 0 Å². The van der Waals surface area contributed by atoms with Crippen LogP contribution in [0.4, 0.5) is 11.4 Å². The summed E-state index contributed by atoms with van der Waals surface area (Å²) in [5.74, 6) is -0.833. The van der Waals surface area contributed by atoms with Crippen molar-refractivity contribution < 1.29 is 19.1 Å². The van der Waals surface area contributed by atoms with Crippen molar-refractivity contribution in [2.45, 2.75) is 19.8 Å². The molecule has 2 aromatic carbocycles. The van der Waals surface area contributed by atoms with Crippen molar-refractivity contribution in [2.24, 2.45) is 11.0 Å². The molecule has 0 spiro atoms. The van der Waals surface area contributed by atoms with Crippen molar-refractivity contribution in [3.63, 3.8) is 0 Å². The monoisotopic (exact) mass is 431 g/mol. The van der Waals surface area contributed by atoms with Crippen LogP contribution in [0.1, 0.15) is 45.4 Å². The SMILES string of the molecule is CC1C/C(=N\Nc2ccccc2C(=O)O)c2cc(NC(=O)c3ccccc3)c(=O)oc2C1. The average Bonchev–Trinajstić information content (AvgIpc) is 2.79. The molecule has 1 amide bonds. The van der Waals surface area contributed by atoms with Gasteiger partial charge in [-0.15, -0.1) is 0 Å². The van der Waals surface area contributed by atoms with E-state index in [0.717, 1.165) is 0 Å². The maximum absolute atomic E-state index is 12.5. The van der Waals surface area contributed by atoms with Crippen LogP contribution in [0.5, 0.6) is 0 Å². The number of hydrazone groups is 1. The maximum atomic E-state index is 12.5. The third kappa shape index (κ3) is 4.44. The summed E-state index contributed by atoms with van der Waals surface area (Å²) < 4.78 is 5.51. The number of benzene rings is 2. The van der Waals surface area contributed by atoms with Gasteiger partial charge in [-0.25, -0.2) is 9.59 Å². The molecule has 1 aromatic heterocycles. The number of aromatic carboxylic acids is 1. The minimum absolute atomic E-state index is 0.0193. The lowest BCUT2D eigenvalue weighted by Crippen LogP contribution is -2.25.